The van der Waals surface area contributed by atoms with Gasteiger partial charge in [-0.05, 0) is 23.8 Å². The summed E-state index contributed by atoms with van der Waals surface area (Å²) in [6, 6.07) is 13.8. The summed E-state index contributed by atoms with van der Waals surface area (Å²) < 4.78 is 10.5. The maximum atomic E-state index is 11.9. The third-order valence-electron chi connectivity index (χ3n) is 3.28. The van der Waals surface area contributed by atoms with Gasteiger partial charge in [-0.15, -0.1) is 0 Å². The van der Waals surface area contributed by atoms with E-state index in [2.05, 4.69) is 5.16 Å². The second-order valence-corrected chi connectivity index (χ2v) is 5.22. The van der Waals surface area contributed by atoms with E-state index in [1.807, 2.05) is 12.1 Å². The number of ether oxygens (including phenoxy) is 2. The van der Waals surface area contributed by atoms with E-state index in [0.29, 0.717) is 27.5 Å². The predicted molar refractivity (Wildman–Crippen MR) is 92.5 cm³/mol. The molecule has 0 aromatic heterocycles. The highest BCUT2D eigenvalue weighted by Crippen LogP contribution is 2.26. The zero-order valence-electron chi connectivity index (χ0n) is 13.7. The van der Waals surface area contributed by atoms with Crippen molar-refractivity contribution in [2.45, 2.75) is 6.61 Å². The largest absolute Gasteiger partial charge is 0.487 e. The average Bonchev–Trinajstić information content (AvgIpc) is 2.64. The molecule has 2 rings (SSSR count). The molecule has 0 saturated carbocycles. The number of hydrogen-bond donors (Lipinski definition) is 0. The van der Waals surface area contributed by atoms with Gasteiger partial charge in [-0.1, -0.05) is 41.0 Å². The summed E-state index contributed by atoms with van der Waals surface area (Å²) in [6.45, 7) is 0.140. The zero-order chi connectivity index (χ0) is 18.2. The third kappa shape index (κ3) is 4.49. The van der Waals surface area contributed by atoms with Crippen LogP contribution in [0.3, 0.4) is 0 Å². The minimum absolute atomic E-state index is 0.0372. The Morgan fingerprint density at radius 2 is 2.00 bits per heavy atom. The number of carbonyl (C=O) groups excluding carboxylic acids is 1. The highest BCUT2D eigenvalue weighted by Gasteiger charge is 2.19. The number of halogens is 1. The number of hydrogen-bond acceptors (Lipinski definition) is 6. The van der Waals surface area contributed by atoms with Gasteiger partial charge in [0.05, 0.1) is 23.8 Å². The summed E-state index contributed by atoms with van der Waals surface area (Å²) in [5.74, 6) is -0.190. The molecule has 0 N–H and O–H groups in total. The molecule has 0 aliphatic rings. The standard InChI is InChI=1S/C18H15ClN2O4/c1-23-18(22)17(21-24-2)14-6-4-3-5-13(14)11-25-16-8-7-12(10-20)9-15(16)19/h3-9H,11H2,1-2H3/b21-17+. The number of oxime groups is 1. The number of nitriles is 1. The van der Waals surface area contributed by atoms with E-state index in [9.17, 15) is 4.79 Å². The first-order chi connectivity index (χ1) is 12.1. The number of carbonyl (C=O) groups is 1. The molecule has 0 aliphatic carbocycles. The lowest BCUT2D eigenvalue weighted by Gasteiger charge is -2.12. The topological polar surface area (TPSA) is 80.9 Å². The van der Waals surface area contributed by atoms with Crippen LogP contribution in [0.25, 0.3) is 0 Å². The lowest BCUT2D eigenvalue weighted by Crippen LogP contribution is -2.19. The first-order valence-corrected chi connectivity index (χ1v) is 7.58. The molecule has 128 valence electrons. The van der Waals surface area contributed by atoms with Crippen molar-refractivity contribution in [2.24, 2.45) is 5.16 Å². The van der Waals surface area contributed by atoms with E-state index in [-0.39, 0.29) is 12.3 Å². The quantitative estimate of drug-likeness (QED) is 0.449. The molecule has 7 heteroatoms. The van der Waals surface area contributed by atoms with Crippen molar-refractivity contribution in [2.75, 3.05) is 14.2 Å². The van der Waals surface area contributed by atoms with E-state index in [4.69, 9.17) is 31.2 Å². The normalized spacial score (nSPS) is 10.7. The Morgan fingerprint density at radius 1 is 1.24 bits per heavy atom. The molecule has 0 bridgehead atoms. The van der Waals surface area contributed by atoms with Gasteiger partial charge in [0, 0.05) is 5.56 Å². The van der Waals surface area contributed by atoms with Crippen molar-refractivity contribution in [3.63, 3.8) is 0 Å². The number of rotatable bonds is 6. The van der Waals surface area contributed by atoms with Crippen LogP contribution >= 0.6 is 11.6 Å². The minimum Gasteiger partial charge on any atom is -0.487 e. The number of nitrogens with zero attached hydrogens (tertiary/aromatic N) is 2. The number of benzene rings is 2. The minimum atomic E-state index is -0.620. The van der Waals surface area contributed by atoms with Crippen LogP contribution in [0.15, 0.2) is 47.6 Å². The molecule has 0 unspecified atom stereocenters. The van der Waals surface area contributed by atoms with Gasteiger partial charge in [-0.3, -0.25) is 0 Å². The van der Waals surface area contributed by atoms with Gasteiger partial charge in [0.2, 0.25) is 0 Å². The molecule has 0 radical (unpaired) electrons. The first-order valence-electron chi connectivity index (χ1n) is 7.21. The molecule has 0 aliphatic heterocycles. The Balaban J connectivity index is 2.28. The fraction of sp³-hybridized carbons (Fsp3) is 0.167. The highest BCUT2D eigenvalue weighted by molar-refractivity contribution is 6.43. The van der Waals surface area contributed by atoms with Crippen LogP contribution in [0, 0.1) is 11.3 Å². The van der Waals surface area contributed by atoms with Gasteiger partial charge < -0.3 is 14.3 Å². The molecule has 0 heterocycles. The highest BCUT2D eigenvalue weighted by atomic mass is 35.5. The molecule has 0 amide bonds. The van der Waals surface area contributed by atoms with Crippen molar-refractivity contribution < 1.29 is 19.1 Å². The van der Waals surface area contributed by atoms with Gasteiger partial charge in [-0.2, -0.15) is 5.26 Å². The Morgan fingerprint density at radius 3 is 2.64 bits per heavy atom. The van der Waals surface area contributed by atoms with Crippen LogP contribution in [0.1, 0.15) is 16.7 Å². The second kappa shape index (κ2) is 8.71. The molecule has 0 saturated heterocycles. The lowest BCUT2D eigenvalue weighted by molar-refractivity contribution is -0.132. The summed E-state index contributed by atoms with van der Waals surface area (Å²) in [4.78, 5) is 16.7. The summed E-state index contributed by atoms with van der Waals surface area (Å²) in [6.07, 6.45) is 0. The van der Waals surface area contributed by atoms with Crippen molar-refractivity contribution in [1.29, 1.82) is 5.26 Å². The molecular formula is C18H15ClN2O4. The summed E-state index contributed by atoms with van der Waals surface area (Å²) in [5.41, 5.74) is 1.71. The van der Waals surface area contributed by atoms with Crippen LogP contribution in [0.4, 0.5) is 0 Å². The average molecular weight is 359 g/mol. The summed E-state index contributed by atoms with van der Waals surface area (Å²) in [5, 5.41) is 12.9. The molecule has 0 spiro atoms. The van der Waals surface area contributed by atoms with Crippen LogP contribution in [-0.2, 0) is 21.0 Å². The van der Waals surface area contributed by atoms with E-state index >= 15 is 0 Å². The van der Waals surface area contributed by atoms with E-state index < -0.39 is 5.97 Å². The van der Waals surface area contributed by atoms with E-state index in [1.165, 1.54) is 20.3 Å². The maximum Gasteiger partial charge on any atom is 0.360 e. The van der Waals surface area contributed by atoms with Crippen molar-refractivity contribution in [1.82, 2.24) is 0 Å². The lowest BCUT2D eigenvalue weighted by atomic mass is 10.0. The van der Waals surface area contributed by atoms with Crippen LogP contribution < -0.4 is 4.74 Å². The SMILES string of the molecule is CO/N=C(/C(=O)OC)c1ccccc1COc1ccc(C#N)cc1Cl. The van der Waals surface area contributed by atoms with Crippen molar-refractivity contribution in [3.05, 3.63) is 64.2 Å². The molecule has 2 aromatic carbocycles. The van der Waals surface area contributed by atoms with Crippen molar-refractivity contribution in [3.8, 4) is 11.8 Å². The van der Waals surface area contributed by atoms with Gasteiger partial charge in [0.25, 0.3) is 0 Å². The van der Waals surface area contributed by atoms with Crippen LogP contribution in [0.5, 0.6) is 5.75 Å². The maximum absolute atomic E-state index is 11.9. The number of methoxy groups -OCH3 is 1. The molecule has 0 atom stereocenters. The third-order valence-corrected chi connectivity index (χ3v) is 3.57. The molecule has 0 fully saturated rings. The second-order valence-electron chi connectivity index (χ2n) is 4.82. The van der Waals surface area contributed by atoms with Gasteiger partial charge in [0.15, 0.2) is 5.71 Å². The first kappa shape index (κ1) is 18.3. The van der Waals surface area contributed by atoms with Gasteiger partial charge in [-0.25, -0.2) is 4.79 Å². The Bertz CT molecular complexity index is 843. The number of esters is 1. The van der Waals surface area contributed by atoms with Gasteiger partial charge >= 0.3 is 5.97 Å². The fourth-order valence-electron chi connectivity index (χ4n) is 2.10. The smallest absolute Gasteiger partial charge is 0.360 e. The van der Waals surface area contributed by atoms with Crippen LogP contribution in [-0.4, -0.2) is 25.9 Å². The molecule has 2 aromatic rings. The van der Waals surface area contributed by atoms with Crippen LogP contribution in [0.2, 0.25) is 5.02 Å². The Hall–Kier alpha value is -3.04. The zero-order valence-corrected chi connectivity index (χ0v) is 14.4. The molecule has 6 nitrogen and oxygen atoms in total. The monoisotopic (exact) mass is 358 g/mol. The Labute approximate surface area is 150 Å². The Kier molecular flexibility index (Phi) is 6.38. The summed E-state index contributed by atoms with van der Waals surface area (Å²) in [7, 11) is 2.61. The van der Waals surface area contributed by atoms with Crippen molar-refractivity contribution >= 4 is 23.3 Å². The van der Waals surface area contributed by atoms with Gasteiger partial charge in [0.1, 0.15) is 19.5 Å². The summed E-state index contributed by atoms with van der Waals surface area (Å²) >= 11 is 6.11. The van der Waals surface area contributed by atoms with E-state index in [0.717, 1.165) is 0 Å². The molecular weight excluding hydrogens is 344 g/mol. The predicted octanol–water partition coefficient (Wildman–Crippen LogP) is 3.31. The molecule has 25 heavy (non-hydrogen) atoms. The fourth-order valence-corrected chi connectivity index (χ4v) is 2.34. The van der Waals surface area contributed by atoms with E-state index in [1.54, 1.807) is 30.3 Å².